The van der Waals surface area contributed by atoms with Crippen LogP contribution < -0.4 is 5.73 Å². The molecule has 4 nitrogen and oxygen atoms in total. The minimum absolute atomic E-state index is 0.0833. The summed E-state index contributed by atoms with van der Waals surface area (Å²) in [5.74, 6) is -0.468. The van der Waals surface area contributed by atoms with Gasteiger partial charge in [-0.05, 0) is 13.3 Å². The van der Waals surface area contributed by atoms with Gasteiger partial charge in [0.05, 0.1) is 5.92 Å². The second-order valence-corrected chi connectivity index (χ2v) is 3.18. The van der Waals surface area contributed by atoms with Gasteiger partial charge < -0.3 is 5.73 Å². The van der Waals surface area contributed by atoms with Gasteiger partial charge in [0.1, 0.15) is 5.54 Å². The Morgan fingerprint density at radius 1 is 1.73 bits per heavy atom. The highest BCUT2D eigenvalue weighted by Crippen LogP contribution is 2.48. The Kier molecular flexibility index (Phi) is 1.01. The molecule has 2 unspecified atom stereocenters. The zero-order valence-electron chi connectivity index (χ0n) is 6.33. The molecular formula is C7H10N2O2. The number of piperidine rings is 1. The lowest BCUT2D eigenvalue weighted by Crippen LogP contribution is -2.41. The summed E-state index contributed by atoms with van der Waals surface area (Å²) in [5.41, 5.74) is 4.84. The van der Waals surface area contributed by atoms with E-state index in [1.54, 1.807) is 6.92 Å². The Labute approximate surface area is 64.3 Å². The maximum absolute atomic E-state index is 11.3. The largest absolute Gasteiger partial charge is 0.317 e. The van der Waals surface area contributed by atoms with Crippen LogP contribution in [0.5, 0.6) is 0 Å². The van der Waals surface area contributed by atoms with Crippen LogP contribution in [0.1, 0.15) is 13.3 Å². The molecule has 0 aromatic carbocycles. The Morgan fingerprint density at radius 2 is 2.36 bits per heavy atom. The molecule has 60 valence electrons. The maximum atomic E-state index is 11.3. The molecule has 0 aromatic heterocycles. The first-order chi connectivity index (χ1) is 5.11. The predicted molar refractivity (Wildman–Crippen MR) is 37.4 cm³/mol. The molecule has 1 heterocycles. The molecular weight excluding hydrogens is 144 g/mol. The fourth-order valence-corrected chi connectivity index (χ4v) is 1.66. The van der Waals surface area contributed by atoms with Crippen molar-refractivity contribution in [2.75, 3.05) is 6.54 Å². The molecule has 2 atom stereocenters. The van der Waals surface area contributed by atoms with Gasteiger partial charge in [-0.15, -0.1) is 0 Å². The van der Waals surface area contributed by atoms with Crippen LogP contribution >= 0.6 is 0 Å². The van der Waals surface area contributed by atoms with Crippen molar-refractivity contribution >= 4 is 11.8 Å². The number of imide groups is 1. The molecule has 1 saturated carbocycles. The SMILES string of the molecule is CCN1C(=O)C2CC2(N)C1=O. The van der Waals surface area contributed by atoms with Crippen LogP contribution in [0.2, 0.25) is 0 Å². The van der Waals surface area contributed by atoms with Gasteiger partial charge in [-0.1, -0.05) is 0 Å². The number of likely N-dealkylation sites (N-methyl/N-ethyl adjacent to an activating group) is 1. The molecule has 11 heavy (non-hydrogen) atoms. The average Bonchev–Trinajstić information content (AvgIpc) is 2.60. The van der Waals surface area contributed by atoms with Crippen molar-refractivity contribution in [1.29, 1.82) is 0 Å². The van der Waals surface area contributed by atoms with Crippen LogP contribution in [-0.4, -0.2) is 28.8 Å². The highest BCUT2D eigenvalue weighted by molar-refractivity contribution is 6.14. The summed E-state index contributed by atoms with van der Waals surface area (Å²) in [6.07, 6.45) is 0.557. The van der Waals surface area contributed by atoms with Crippen molar-refractivity contribution in [3.05, 3.63) is 0 Å². The third kappa shape index (κ3) is 0.581. The van der Waals surface area contributed by atoms with E-state index in [1.165, 1.54) is 4.90 Å². The quantitative estimate of drug-likeness (QED) is 0.497. The van der Waals surface area contributed by atoms with Crippen LogP contribution in [0.4, 0.5) is 0 Å². The number of nitrogens with two attached hydrogens (primary N) is 1. The van der Waals surface area contributed by atoms with Crippen LogP contribution in [0.3, 0.4) is 0 Å². The van der Waals surface area contributed by atoms with Crippen LogP contribution in [0.15, 0.2) is 0 Å². The lowest BCUT2D eigenvalue weighted by Gasteiger charge is -2.14. The second-order valence-electron chi connectivity index (χ2n) is 3.18. The van der Waals surface area contributed by atoms with Crippen LogP contribution in [0.25, 0.3) is 0 Å². The van der Waals surface area contributed by atoms with E-state index in [9.17, 15) is 9.59 Å². The normalized spacial score (nSPS) is 41.3. The van der Waals surface area contributed by atoms with Gasteiger partial charge in [-0.3, -0.25) is 14.5 Å². The van der Waals surface area contributed by atoms with Crippen molar-refractivity contribution in [2.24, 2.45) is 11.7 Å². The standard InChI is InChI=1S/C7H10N2O2/c1-2-9-5(10)4-3-7(4,8)6(9)11/h4H,2-3,8H2,1H3. The molecule has 0 aromatic rings. The maximum Gasteiger partial charge on any atom is 0.250 e. The molecule has 2 N–H and O–H groups in total. The zero-order valence-corrected chi connectivity index (χ0v) is 6.33. The zero-order chi connectivity index (χ0) is 8.22. The Bertz CT molecular complexity index is 251. The van der Waals surface area contributed by atoms with Crippen molar-refractivity contribution in [3.63, 3.8) is 0 Å². The number of likely N-dealkylation sites (tertiary alicyclic amines) is 1. The molecule has 0 bridgehead atoms. The van der Waals surface area contributed by atoms with E-state index in [4.69, 9.17) is 5.73 Å². The summed E-state index contributed by atoms with van der Waals surface area (Å²) in [7, 11) is 0. The van der Waals surface area contributed by atoms with E-state index in [-0.39, 0.29) is 17.7 Å². The van der Waals surface area contributed by atoms with E-state index in [1.807, 2.05) is 0 Å². The van der Waals surface area contributed by atoms with Crippen LogP contribution in [0, 0.1) is 5.92 Å². The molecule has 1 aliphatic carbocycles. The van der Waals surface area contributed by atoms with E-state index in [2.05, 4.69) is 0 Å². The van der Waals surface area contributed by atoms with Crippen molar-refractivity contribution in [2.45, 2.75) is 18.9 Å². The lowest BCUT2D eigenvalue weighted by atomic mass is 10.2. The minimum Gasteiger partial charge on any atom is -0.317 e. The van der Waals surface area contributed by atoms with Gasteiger partial charge >= 0.3 is 0 Å². The fraction of sp³-hybridized carbons (Fsp3) is 0.714. The topological polar surface area (TPSA) is 63.4 Å². The minimum atomic E-state index is -0.799. The van der Waals surface area contributed by atoms with Crippen molar-refractivity contribution < 1.29 is 9.59 Å². The highest BCUT2D eigenvalue weighted by atomic mass is 16.2. The molecule has 2 rings (SSSR count). The van der Waals surface area contributed by atoms with E-state index in [0.717, 1.165) is 0 Å². The lowest BCUT2D eigenvalue weighted by molar-refractivity contribution is -0.141. The number of hydrogen-bond acceptors (Lipinski definition) is 3. The van der Waals surface area contributed by atoms with E-state index < -0.39 is 5.54 Å². The molecule has 2 fully saturated rings. The molecule has 0 spiro atoms. The monoisotopic (exact) mass is 154 g/mol. The van der Waals surface area contributed by atoms with Crippen LogP contribution in [-0.2, 0) is 9.59 Å². The second kappa shape index (κ2) is 1.64. The Morgan fingerprint density at radius 3 is 2.64 bits per heavy atom. The first kappa shape index (κ1) is 6.79. The number of carbonyl (C=O) groups excluding carboxylic acids is 2. The third-order valence-corrected chi connectivity index (χ3v) is 2.53. The first-order valence-corrected chi connectivity index (χ1v) is 3.76. The summed E-state index contributed by atoms with van der Waals surface area (Å²) in [4.78, 5) is 23.8. The summed E-state index contributed by atoms with van der Waals surface area (Å²) < 4.78 is 0. The fourth-order valence-electron chi connectivity index (χ4n) is 1.66. The third-order valence-electron chi connectivity index (χ3n) is 2.53. The average molecular weight is 154 g/mol. The van der Waals surface area contributed by atoms with E-state index in [0.29, 0.717) is 13.0 Å². The van der Waals surface area contributed by atoms with Gasteiger partial charge in [-0.25, -0.2) is 0 Å². The van der Waals surface area contributed by atoms with Gasteiger partial charge in [-0.2, -0.15) is 0 Å². The number of rotatable bonds is 1. The summed E-state index contributed by atoms with van der Waals surface area (Å²) in [6.45, 7) is 2.23. The molecule has 1 saturated heterocycles. The number of carbonyl (C=O) groups is 2. The number of nitrogens with zero attached hydrogens (tertiary/aromatic N) is 1. The predicted octanol–water partition coefficient (Wildman–Crippen LogP) is -0.908. The summed E-state index contributed by atoms with van der Waals surface area (Å²) in [5, 5.41) is 0. The molecule has 4 heteroatoms. The molecule has 2 aliphatic rings. The Balaban J connectivity index is 2.31. The van der Waals surface area contributed by atoms with E-state index >= 15 is 0 Å². The van der Waals surface area contributed by atoms with Gasteiger partial charge in [0.25, 0.3) is 0 Å². The molecule has 1 aliphatic heterocycles. The summed E-state index contributed by atoms with van der Waals surface area (Å²) in [6, 6.07) is 0. The number of fused-ring (bicyclic) bond motifs is 1. The van der Waals surface area contributed by atoms with Gasteiger partial charge in [0, 0.05) is 6.54 Å². The van der Waals surface area contributed by atoms with Gasteiger partial charge in [0.15, 0.2) is 0 Å². The number of hydrogen-bond donors (Lipinski definition) is 1. The number of amides is 2. The Hall–Kier alpha value is -0.900. The van der Waals surface area contributed by atoms with Gasteiger partial charge in [0.2, 0.25) is 11.8 Å². The summed E-state index contributed by atoms with van der Waals surface area (Å²) >= 11 is 0. The molecule has 0 radical (unpaired) electrons. The first-order valence-electron chi connectivity index (χ1n) is 3.76. The molecule has 2 amide bonds. The van der Waals surface area contributed by atoms with Crippen molar-refractivity contribution in [3.8, 4) is 0 Å². The van der Waals surface area contributed by atoms with Crippen molar-refractivity contribution in [1.82, 2.24) is 4.90 Å². The smallest absolute Gasteiger partial charge is 0.250 e. The highest BCUT2D eigenvalue weighted by Gasteiger charge is 2.69.